The molecule has 136 valence electrons. The van der Waals surface area contributed by atoms with Gasteiger partial charge in [-0.2, -0.15) is 0 Å². The van der Waals surface area contributed by atoms with E-state index in [0.717, 1.165) is 21.9 Å². The van der Waals surface area contributed by atoms with E-state index in [0.29, 0.717) is 6.61 Å². The zero-order valence-corrected chi connectivity index (χ0v) is 15.8. The summed E-state index contributed by atoms with van der Waals surface area (Å²) in [6.45, 7) is 2.66. The maximum absolute atomic E-state index is 12.4. The molecule has 0 aliphatic rings. The Labute approximate surface area is 157 Å². The van der Waals surface area contributed by atoms with Crippen molar-refractivity contribution in [2.75, 3.05) is 13.7 Å². The van der Waals surface area contributed by atoms with E-state index in [9.17, 15) is 4.79 Å². The van der Waals surface area contributed by atoms with Crippen molar-refractivity contribution in [1.29, 1.82) is 0 Å². The first-order valence-electron chi connectivity index (χ1n) is 8.57. The molecular weight excluding hydrogens is 346 g/mol. The molecule has 0 radical (unpaired) electrons. The topological polar surface area (TPSA) is 56.1 Å². The molecule has 5 nitrogen and oxygen atoms in total. The largest absolute Gasteiger partial charge is 0.383 e. The highest BCUT2D eigenvalue weighted by atomic mass is 32.2. The van der Waals surface area contributed by atoms with Crippen LogP contribution in [0.2, 0.25) is 0 Å². The van der Waals surface area contributed by atoms with Gasteiger partial charge in [-0.3, -0.25) is 4.79 Å². The average molecular weight is 369 g/mol. The van der Waals surface area contributed by atoms with Crippen LogP contribution in [0.25, 0.3) is 11.0 Å². The molecule has 0 bridgehead atoms. The first-order valence-corrected chi connectivity index (χ1v) is 9.56. The molecule has 1 amide bonds. The van der Waals surface area contributed by atoms with Crippen LogP contribution in [-0.4, -0.2) is 35.2 Å². The summed E-state index contributed by atoms with van der Waals surface area (Å²) in [4.78, 5) is 17.2. The fraction of sp³-hybridized carbons (Fsp3) is 0.300. The van der Waals surface area contributed by atoms with Crippen molar-refractivity contribution in [3.05, 3.63) is 60.2 Å². The molecule has 3 rings (SSSR count). The number of ether oxygens (including phenoxy) is 1. The number of benzene rings is 2. The first-order chi connectivity index (χ1) is 12.7. The lowest BCUT2D eigenvalue weighted by Gasteiger charge is -2.14. The summed E-state index contributed by atoms with van der Waals surface area (Å²) < 4.78 is 7.07. The number of amides is 1. The minimum atomic E-state index is -0.0423. The third-order valence-electron chi connectivity index (χ3n) is 3.96. The molecule has 1 N–H and O–H groups in total. The molecule has 0 saturated heterocycles. The summed E-state index contributed by atoms with van der Waals surface area (Å²) >= 11 is 1.64. The number of rotatable bonds is 8. The van der Waals surface area contributed by atoms with Gasteiger partial charge in [0, 0.05) is 18.9 Å². The Morgan fingerprint density at radius 2 is 1.92 bits per heavy atom. The van der Waals surface area contributed by atoms with Gasteiger partial charge in [0.25, 0.3) is 0 Å². The van der Waals surface area contributed by atoms with Crippen molar-refractivity contribution in [2.24, 2.45) is 0 Å². The van der Waals surface area contributed by atoms with Crippen molar-refractivity contribution >= 4 is 28.7 Å². The van der Waals surface area contributed by atoms with Crippen LogP contribution in [0.15, 0.2) is 59.8 Å². The number of hydrogen-bond acceptors (Lipinski definition) is 4. The van der Waals surface area contributed by atoms with Crippen LogP contribution >= 0.6 is 11.8 Å². The molecule has 0 aliphatic carbocycles. The maximum atomic E-state index is 12.4. The quantitative estimate of drug-likeness (QED) is 0.618. The van der Waals surface area contributed by atoms with E-state index in [-0.39, 0.29) is 18.5 Å². The van der Waals surface area contributed by atoms with Crippen LogP contribution in [0.1, 0.15) is 12.5 Å². The number of carbonyl (C=O) groups is 1. The van der Waals surface area contributed by atoms with Gasteiger partial charge in [0.2, 0.25) is 5.91 Å². The van der Waals surface area contributed by atoms with E-state index in [4.69, 9.17) is 9.72 Å². The van der Waals surface area contributed by atoms with Crippen LogP contribution in [0.4, 0.5) is 0 Å². The minimum absolute atomic E-state index is 0.0253. The number of imidazole rings is 1. The number of hydrogen-bond donors (Lipinski definition) is 1. The summed E-state index contributed by atoms with van der Waals surface area (Å²) in [5.41, 5.74) is 3.10. The zero-order valence-electron chi connectivity index (χ0n) is 15.0. The SMILES string of the molecule is COC[C@@H](C)NC(=O)Cn1c(SCc2ccccc2)nc2ccccc21. The molecule has 0 aliphatic heterocycles. The van der Waals surface area contributed by atoms with Gasteiger partial charge in [0.15, 0.2) is 5.16 Å². The molecule has 6 heteroatoms. The summed E-state index contributed by atoms with van der Waals surface area (Å²) in [7, 11) is 1.63. The number of para-hydroxylation sites is 2. The second-order valence-corrected chi connectivity index (χ2v) is 7.11. The van der Waals surface area contributed by atoms with E-state index < -0.39 is 0 Å². The Morgan fingerprint density at radius 3 is 2.69 bits per heavy atom. The van der Waals surface area contributed by atoms with Gasteiger partial charge in [-0.15, -0.1) is 0 Å². The Bertz CT molecular complexity index is 864. The van der Waals surface area contributed by atoms with E-state index in [1.807, 2.05) is 54.0 Å². The Morgan fingerprint density at radius 1 is 1.19 bits per heavy atom. The molecule has 1 aromatic heterocycles. The molecular formula is C20H23N3O2S. The van der Waals surface area contributed by atoms with Gasteiger partial charge in [-0.05, 0) is 24.6 Å². The van der Waals surface area contributed by atoms with E-state index in [2.05, 4.69) is 17.4 Å². The van der Waals surface area contributed by atoms with Gasteiger partial charge < -0.3 is 14.6 Å². The number of methoxy groups -OCH3 is 1. The zero-order chi connectivity index (χ0) is 18.4. The highest BCUT2D eigenvalue weighted by Gasteiger charge is 2.15. The van der Waals surface area contributed by atoms with Crippen LogP contribution in [0.3, 0.4) is 0 Å². The first kappa shape index (κ1) is 18.5. The molecule has 0 saturated carbocycles. The molecule has 1 heterocycles. The van der Waals surface area contributed by atoms with Crippen molar-refractivity contribution in [1.82, 2.24) is 14.9 Å². The lowest BCUT2D eigenvalue weighted by atomic mass is 10.2. The predicted octanol–water partition coefficient (Wildman–Crippen LogP) is 3.48. The lowest BCUT2D eigenvalue weighted by molar-refractivity contribution is -0.122. The number of fused-ring (bicyclic) bond motifs is 1. The molecule has 0 spiro atoms. The molecule has 26 heavy (non-hydrogen) atoms. The normalized spacial score (nSPS) is 12.2. The molecule has 3 aromatic rings. The van der Waals surface area contributed by atoms with Crippen LogP contribution in [0, 0.1) is 0 Å². The average Bonchev–Trinajstić information content (AvgIpc) is 2.98. The van der Waals surface area contributed by atoms with Crippen molar-refractivity contribution < 1.29 is 9.53 Å². The van der Waals surface area contributed by atoms with Crippen LogP contribution in [0.5, 0.6) is 0 Å². The standard InChI is InChI=1S/C20H23N3O2S/c1-15(13-25-2)21-19(24)12-23-18-11-7-6-10-17(18)22-20(23)26-14-16-8-4-3-5-9-16/h3-11,15H,12-14H2,1-2H3,(H,21,24)/t15-/m1/s1. The number of aromatic nitrogens is 2. The monoisotopic (exact) mass is 369 g/mol. The maximum Gasteiger partial charge on any atom is 0.240 e. The van der Waals surface area contributed by atoms with Gasteiger partial charge in [0.05, 0.1) is 17.6 Å². The Kier molecular flexibility index (Phi) is 6.30. The Balaban J connectivity index is 1.79. The van der Waals surface area contributed by atoms with Gasteiger partial charge in [-0.25, -0.2) is 4.98 Å². The third kappa shape index (κ3) is 4.65. The number of nitrogens with one attached hydrogen (secondary N) is 1. The summed E-state index contributed by atoms with van der Waals surface area (Å²) in [6, 6.07) is 18.1. The van der Waals surface area contributed by atoms with Crippen molar-refractivity contribution in [2.45, 2.75) is 30.4 Å². The van der Waals surface area contributed by atoms with E-state index in [1.54, 1.807) is 18.9 Å². The molecule has 1 atom stereocenters. The van der Waals surface area contributed by atoms with Gasteiger partial charge in [0.1, 0.15) is 6.54 Å². The van der Waals surface area contributed by atoms with E-state index >= 15 is 0 Å². The second-order valence-electron chi connectivity index (χ2n) is 6.17. The second kappa shape index (κ2) is 8.87. The number of carbonyl (C=O) groups excluding carboxylic acids is 1. The van der Waals surface area contributed by atoms with Crippen molar-refractivity contribution in [3.63, 3.8) is 0 Å². The van der Waals surface area contributed by atoms with Crippen LogP contribution < -0.4 is 5.32 Å². The number of thioether (sulfide) groups is 1. The number of nitrogens with zero attached hydrogens (tertiary/aromatic N) is 2. The van der Waals surface area contributed by atoms with Crippen molar-refractivity contribution in [3.8, 4) is 0 Å². The van der Waals surface area contributed by atoms with Crippen LogP contribution in [-0.2, 0) is 21.8 Å². The predicted molar refractivity (Wildman–Crippen MR) is 105 cm³/mol. The van der Waals surface area contributed by atoms with E-state index in [1.165, 1.54) is 5.56 Å². The molecule has 2 aromatic carbocycles. The van der Waals surface area contributed by atoms with Gasteiger partial charge in [-0.1, -0.05) is 54.2 Å². The fourth-order valence-electron chi connectivity index (χ4n) is 2.79. The fourth-order valence-corrected chi connectivity index (χ4v) is 3.76. The highest BCUT2D eigenvalue weighted by molar-refractivity contribution is 7.98. The smallest absolute Gasteiger partial charge is 0.240 e. The lowest BCUT2D eigenvalue weighted by Crippen LogP contribution is -2.37. The highest BCUT2D eigenvalue weighted by Crippen LogP contribution is 2.26. The summed E-state index contributed by atoms with van der Waals surface area (Å²) in [5.74, 6) is 0.769. The van der Waals surface area contributed by atoms with Gasteiger partial charge >= 0.3 is 0 Å². The molecule has 0 fully saturated rings. The minimum Gasteiger partial charge on any atom is -0.383 e. The third-order valence-corrected chi connectivity index (χ3v) is 5.00. The molecule has 0 unspecified atom stereocenters. The Hall–Kier alpha value is -2.31. The summed E-state index contributed by atoms with van der Waals surface area (Å²) in [5, 5.41) is 3.81. The summed E-state index contributed by atoms with van der Waals surface area (Å²) in [6.07, 6.45) is 0.